The van der Waals surface area contributed by atoms with E-state index in [1.165, 1.54) is 121 Å². The predicted molar refractivity (Wildman–Crippen MR) is 585 cm³/mol. The number of carbonyl (C=O) groups is 6. The van der Waals surface area contributed by atoms with Crippen LogP contribution in [0.15, 0.2) is 182 Å². The molecule has 38 nitrogen and oxygen atoms in total. The third-order valence-electron chi connectivity index (χ3n) is 21.9. The minimum absolute atomic E-state index is 0.0373. The van der Waals surface area contributed by atoms with E-state index in [0.717, 1.165) is 134 Å². The number of likely N-dealkylation sites (N-methyl/N-ethyl adjacent to an activating group) is 2. The summed E-state index contributed by atoms with van der Waals surface area (Å²) in [6, 6.07) is 59.9. The number of aromatic nitrogens is 24. The second-order valence-corrected chi connectivity index (χ2v) is 40.0. The summed E-state index contributed by atoms with van der Waals surface area (Å²) < 4.78 is 61.5. The summed E-state index contributed by atoms with van der Waals surface area (Å²) in [7, 11) is 5.22. The third kappa shape index (κ3) is 32.3. The van der Waals surface area contributed by atoms with E-state index < -0.39 is 5.97 Å². The maximum atomic E-state index is 12.3. The van der Waals surface area contributed by atoms with Crippen molar-refractivity contribution >= 4 is 117 Å². The molecule has 12 heterocycles. The molecule has 780 valence electrons. The van der Waals surface area contributed by atoms with E-state index in [2.05, 4.69) is 149 Å². The molecule has 6 aromatic carbocycles. The maximum Gasteiger partial charge on any atom is 0.328 e. The van der Waals surface area contributed by atoms with Gasteiger partial charge in [-0.2, -0.15) is 56.8 Å². The Bertz CT molecular complexity index is 7620. The number of methoxy groups -OCH3 is 1. The molecule has 0 fully saturated rings. The van der Waals surface area contributed by atoms with Crippen molar-refractivity contribution in [3.8, 4) is 133 Å². The summed E-state index contributed by atoms with van der Waals surface area (Å²) in [5.41, 5.74) is 22.2. The molecule has 0 spiro atoms. The molecular weight excluding hydrogens is 2040 g/mol. The second-order valence-electron chi connectivity index (χ2n) is 34.7. The second kappa shape index (κ2) is 54.3. The van der Waals surface area contributed by atoms with Crippen molar-refractivity contribution in [1.29, 1.82) is 0 Å². The summed E-state index contributed by atoms with van der Waals surface area (Å²) in [6.45, 7) is 33.8. The van der Waals surface area contributed by atoms with Gasteiger partial charge in [-0.1, -0.05) is 156 Å². The minimum Gasteiger partial charge on any atom is -0.480 e. The number of benzene rings is 6. The zero-order chi connectivity index (χ0) is 107. The third-order valence-corrected chi connectivity index (χ3v) is 26.8. The Morgan fingerprint density at radius 2 is 0.540 bits per heavy atom. The molecule has 45 heteroatoms. The van der Waals surface area contributed by atoms with Gasteiger partial charge in [-0.15, -0.1) is 11.8 Å². The number of aliphatic carboxylic acids is 1. The van der Waals surface area contributed by atoms with E-state index in [0.29, 0.717) is 90.0 Å². The highest BCUT2D eigenvalue weighted by Crippen LogP contribution is 2.35. The Kier molecular flexibility index (Phi) is 40.6. The first-order valence-corrected chi connectivity index (χ1v) is 53.7. The average Bonchev–Trinajstić information content (AvgIpc) is 1.69. The summed E-state index contributed by atoms with van der Waals surface area (Å²) in [4.78, 5) is 102. The van der Waals surface area contributed by atoms with Gasteiger partial charge in [-0.25, -0.2) is 29.9 Å². The molecule has 0 aliphatic rings. The Labute approximate surface area is 897 Å². The first-order chi connectivity index (χ1) is 72.1. The molecule has 18 aromatic rings. The molecule has 0 unspecified atom stereocenters. The van der Waals surface area contributed by atoms with Crippen molar-refractivity contribution in [2.45, 2.75) is 143 Å². The molecule has 0 aliphatic carbocycles. The molecule has 0 saturated carbocycles. The SMILES string of the molecule is CCN(CC)CCOC(=O)Cn1nc(C)cc1-c1nsc(-c2cccc(C)c2)n1.CCOC(=O)Cn1nc(C)cc1-c1nsc(-c2cccc(C)c2)n1.COC(=O)Cn1nc(C)cc1-c1nsc(-c2cccc(C)c2)n1.CSCOC(=O)Cn1nc(C)cc1-c1nsc(-c2cccc(C)c2)n1.Cc1cccc(-c2nc(-c3cc(C)nn3CC(=O)O)ns2)c1.Cc1cccc(-c2nc(-c3cc(C)nn3CC(=O)OCCN(C)C)ns2)c1. The average molecular weight is 2160 g/mol. The zero-order valence-electron chi connectivity index (χ0n) is 86.6. The monoisotopic (exact) mass is 2160 g/mol. The maximum absolute atomic E-state index is 12.3. The number of nitrogens with zero attached hydrogens (tertiary/aromatic N) is 26. The number of thioether (sulfide) groups is 1. The van der Waals surface area contributed by atoms with Crippen LogP contribution in [0.3, 0.4) is 0 Å². The predicted octanol–water partition coefficient (Wildman–Crippen LogP) is 18.8. The Morgan fingerprint density at radius 1 is 0.313 bits per heavy atom. The summed E-state index contributed by atoms with van der Waals surface area (Å²) in [5, 5.41) is 40.0. The summed E-state index contributed by atoms with van der Waals surface area (Å²) in [6.07, 6.45) is 1.88. The van der Waals surface area contributed by atoms with Crippen molar-refractivity contribution in [2.75, 3.05) is 79.4 Å². The highest BCUT2D eigenvalue weighted by molar-refractivity contribution is 7.98. The molecule has 0 atom stereocenters. The number of hydrogen-bond acceptors (Lipinski definition) is 38. The van der Waals surface area contributed by atoms with Crippen LogP contribution in [0.5, 0.6) is 0 Å². The first kappa shape index (κ1) is 112. The molecule has 150 heavy (non-hydrogen) atoms. The van der Waals surface area contributed by atoms with Gasteiger partial charge < -0.3 is 38.6 Å². The molecule has 0 bridgehead atoms. The number of carboxylic acids is 1. The van der Waals surface area contributed by atoms with Crippen LogP contribution in [-0.2, 0) is 91.7 Å². The van der Waals surface area contributed by atoms with Crippen LogP contribution in [0.4, 0.5) is 0 Å². The van der Waals surface area contributed by atoms with Crippen LogP contribution in [0.1, 0.15) is 88.3 Å². The van der Waals surface area contributed by atoms with E-state index in [1.807, 2.05) is 241 Å². The molecular formula is C105H116N26O12S7. The largest absolute Gasteiger partial charge is 0.480 e. The number of carboxylic acid groups (broad SMARTS) is 1. The topological polar surface area (TPSA) is 437 Å². The number of hydrogen-bond donors (Lipinski definition) is 1. The van der Waals surface area contributed by atoms with E-state index >= 15 is 0 Å². The molecule has 12 aromatic heterocycles. The van der Waals surface area contributed by atoms with Crippen LogP contribution in [0.25, 0.3) is 133 Å². The molecule has 1 N–H and O–H groups in total. The van der Waals surface area contributed by atoms with Crippen LogP contribution < -0.4 is 0 Å². The van der Waals surface area contributed by atoms with E-state index in [4.69, 9.17) is 28.8 Å². The van der Waals surface area contributed by atoms with Gasteiger partial charge in [-0.3, -0.25) is 56.9 Å². The lowest BCUT2D eigenvalue weighted by molar-refractivity contribution is -0.145. The lowest BCUT2D eigenvalue weighted by atomic mass is 10.1. The zero-order valence-corrected chi connectivity index (χ0v) is 92.4. The van der Waals surface area contributed by atoms with Gasteiger partial charge in [0, 0.05) is 46.5 Å². The van der Waals surface area contributed by atoms with Gasteiger partial charge >= 0.3 is 35.8 Å². The van der Waals surface area contributed by atoms with Gasteiger partial charge in [0.15, 0.2) is 34.9 Å². The lowest BCUT2D eigenvalue weighted by Gasteiger charge is -2.17. The number of carbonyl (C=O) groups excluding carboxylic acids is 5. The number of esters is 5. The highest BCUT2D eigenvalue weighted by atomic mass is 32.2. The number of rotatable bonds is 35. The minimum atomic E-state index is -0.946. The standard InChI is InChI=1S/C21H27N5O2S.C19H23N5O2S.C17H18N4O2S2.C17H18N4O2S.C16H16N4O2S.C15H14N4O2S/c1-5-25(6-2)10-11-28-19(27)14-26-18(13-16(4)23-26)20-22-21(29-24-20)17-9-7-8-15(3)12-17;1-13-6-5-7-15(10-13)19-20-18(22-27-19)16-11-14(2)21-24(16)12-17(25)26-9-8-23(3)4;1-11-5-4-6-13(7-11)17-18-16(20-25-17)14-8-12(2)19-21(14)9-15(22)23-10-24-3;1-4-23-15(22)10-21-14(9-12(3)19-21)16-18-17(24-20-16)13-7-5-6-11(2)8-13;1-10-5-4-6-12(7-10)16-17-15(19-23-16)13-8-11(2)18-20(13)9-14(21)22-3;1-9-4-3-5-11(6-9)15-16-14(18-22-15)12-7-10(2)17-19(12)8-13(20)21/h7-9,12-13H,5-6,10-11,14H2,1-4H3;5-7,10-11H,8-9,12H2,1-4H3;4-8H,9-10H2,1-3H3;5-9H,4,10H2,1-3H3;4-8H,9H2,1-3H3;3-7H,8H2,1-2H3,(H,20,21). The van der Waals surface area contributed by atoms with Gasteiger partial charge in [-0.05, 0) is 265 Å². The molecule has 18 rings (SSSR count). The van der Waals surface area contributed by atoms with Crippen molar-refractivity contribution in [3.63, 3.8) is 0 Å². The van der Waals surface area contributed by atoms with Crippen molar-refractivity contribution < 1.29 is 57.6 Å². The summed E-state index contributed by atoms with van der Waals surface area (Å²) in [5.74, 6) is 1.10. The fourth-order valence-electron chi connectivity index (χ4n) is 14.9. The summed E-state index contributed by atoms with van der Waals surface area (Å²) >= 11 is 9.42. The van der Waals surface area contributed by atoms with Gasteiger partial charge in [0.2, 0.25) is 0 Å². The number of aryl methyl sites for hydroxylation is 12. The van der Waals surface area contributed by atoms with Crippen molar-refractivity contribution in [2.24, 2.45) is 0 Å². The molecule has 0 radical (unpaired) electrons. The van der Waals surface area contributed by atoms with Gasteiger partial charge in [0.1, 0.15) is 123 Å². The lowest BCUT2D eigenvalue weighted by Crippen LogP contribution is -2.28. The normalized spacial score (nSPS) is 10.9. The smallest absolute Gasteiger partial charge is 0.328 e. The van der Waals surface area contributed by atoms with Crippen molar-refractivity contribution in [3.05, 3.63) is 250 Å². The molecule has 0 aliphatic heterocycles. The number of ether oxygens (including phenoxy) is 5. The van der Waals surface area contributed by atoms with Crippen LogP contribution in [0, 0.1) is 83.1 Å². The fraction of sp³-hybridized carbons (Fsp3) is 0.314. The fourth-order valence-corrected chi connectivity index (χ4v) is 19.1. The van der Waals surface area contributed by atoms with E-state index in [9.17, 15) is 28.8 Å². The Morgan fingerprint density at radius 3 is 0.753 bits per heavy atom. The van der Waals surface area contributed by atoms with Gasteiger partial charge in [0.25, 0.3) is 0 Å². The van der Waals surface area contributed by atoms with E-state index in [-0.39, 0.29) is 69.1 Å². The van der Waals surface area contributed by atoms with Crippen molar-refractivity contribution in [1.82, 2.24) is 125 Å². The van der Waals surface area contributed by atoms with E-state index in [1.54, 1.807) is 36.4 Å². The first-order valence-electron chi connectivity index (χ1n) is 47.6. The quantitative estimate of drug-likeness (QED) is 0.0219. The van der Waals surface area contributed by atoms with Crippen LogP contribution >= 0.6 is 81.0 Å². The Hall–Kier alpha value is -15.0. The Balaban J connectivity index is 0.000000150. The van der Waals surface area contributed by atoms with Crippen LogP contribution in [0.2, 0.25) is 0 Å². The highest BCUT2D eigenvalue weighted by Gasteiger charge is 2.26. The molecule has 0 saturated heterocycles. The molecule has 0 amide bonds. The van der Waals surface area contributed by atoms with Crippen LogP contribution in [-0.4, -0.2) is 245 Å². The van der Waals surface area contributed by atoms with Gasteiger partial charge in [0.05, 0.1) is 47.9 Å².